The van der Waals surface area contributed by atoms with E-state index in [1.807, 2.05) is 0 Å². The van der Waals surface area contributed by atoms with Crippen LogP contribution in [0.2, 0.25) is 0 Å². The van der Waals surface area contributed by atoms with Crippen molar-refractivity contribution in [2.75, 3.05) is 17.2 Å². The van der Waals surface area contributed by atoms with Gasteiger partial charge < -0.3 is 10.6 Å². The number of rotatable bonds is 8. The number of nitrogens with one attached hydrogen (secondary N) is 2. The Labute approximate surface area is 198 Å². The first-order valence-corrected chi connectivity index (χ1v) is 10.6. The molecule has 176 valence electrons. The van der Waals surface area contributed by atoms with Crippen molar-refractivity contribution in [3.8, 4) is 0 Å². The Morgan fingerprint density at radius 1 is 0.943 bits per heavy atom. The Morgan fingerprint density at radius 3 is 2.34 bits per heavy atom. The molecule has 0 unspecified atom stereocenters. The number of pyridine rings is 1. The van der Waals surface area contributed by atoms with Crippen molar-refractivity contribution in [2.45, 2.75) is 12.8 Å². The molecule has 0 bridgehead atoms. The van der Waals surface area contributed by atoms with E-state index in [9.17, 15) is 29.3 Å². The minimum Gasteiger partial charge on any atom is -0.324 e. The number of nitro benzene ring substituents is 1. The molecule has 0 fully saturated rings. The van der Waals surface area contributed by atoms with Gasteiger partial charge in [0, 0.05) is 37.5 Å². The summed E-state index contributed by atoms with van der Waals surface area (Å²) in [7, 11) is 0. The molecule has 11 nitrogen and oxygen atoms in total. The monoisotopic (exact) mass is 473 g/mol. The fourth-order valence-electron chi connectivity index (χ4n) is 3.60. The molecule has 4 amide bonds. The first-order chi connectivity index (χ1) is 16.8. The normalized spacial score (nSPS) is 12.3. The van der Waals surface area contributed by atoms with Crippen molar-refractivity contribution in [2.24, 2.45) is 0 Å². The van der Waals surface area contributed by atoms with E-state index >= 15 is 0 Å². The molecule has 2 N–H and O–H groups in total. The Balaban J connectivity index is 1.34. The predicted molar refractivity (Wildman–Crippen MR) is 125 cm³/mol. The Morgan fingerprint density at radius 2 is 1.66 bits per heavy atom. The quantitative estimate of drug-likeness (QED) is 0.289. The van der Waals surface area contributed by atoms with Crippen molar-refractivity contribution >= 4 is 40.7 Å². The molecule has 0 saturated carbocycles. The zero-order valence-corrected chi connectivity index (χ0v) is 18.3. The maximum atomic E-state index is 12.6. The summed E-state index contributed by atoms with van der Waals surface area (Å²) in [6, 6.07) is 13.4. The summed E-state index contributed by atoms with van der Waals surface area (Å²) in [5.41, 5.74) is 0.954. The summed E-state index contributed by atoms with van der Waals surface area (Å²) in [6.07, 6.45) is 3.16. The SMILES string of the molecule is O=C(CCCN1C(=O)c2ccc([N+](=O)[O-])cc2C1=O)Nc1ccccc1NC(=O)c1cccnc1. The Hall–Kier alpha value is -4.93. The zero-order chi connectivity index (χ0) is 24.9. The second-order valence-electron chi connectivity index (χ2n) is 7.64. The van der Waals surface area contributed by atoms with Gasteiger partial charge in [0.25, 0.3) is 23.4 Å². The summed E-state index contributed by atoms with van der Waals surface area (Å²) in [5, 5.41) is 16.4. The van der Waals surface area contributed by atoms with Crippen LogP contribution in [0.15, 0.2) is 67.0 Å². The third-order valence-electron chi connectivity index (χ3n) is 5.32. The maximum Gasteiger partial charge on any atom is 0.270 e. The van der Waals surface area contributed by atoms with Gasteiger partial charge in [0.2, 0.25) is 5.91 Å². The van der Waals surface area contributed by atoms with E-state index < -0.39 is 16.7 Å². The van der Waals surface area contributed by atoms with E-state index in [1.165, 1.54) is 18.3 Å². The van der Waals surface area contributed by atoms with Gasteiger partial charge in [-0.2, -0.15) is 0 Å². The number of nitrogens with zero attached hydrogens (tertiary/aromatic N) is 3. The van der Waals surface area contributed by atoms with Crippen LogP contribution < -0.4 is 10.6 Å². The molecule has 35 heavy (non-hydrogen) atoms. The van der Waals surface area contributed by atoms with Gasteiger partial charge in [-0.15, -0.1) is 0 Å². The molecule has 0 radical (unpaired) electrons. The van der Waals surface area contributed by atoms with E-state index in [0.29, 0.717) is 16.9 Å². The third-order valence-corrected chi connectivity index (χ3v) is 5.32. The van der Waals surface area contributed by atoms with Gasteiger partial charge in [-0.3, -0.25) is 39.2 Å². The first kappa shape index (κ1) is 23.2. The second-order valence-corrected chi connectivity index (χ2v) is 7.64. The number of aromatic nitrogens is 1. The molecule has 1 aliphatic heterocycles. The zero-order valence-electron chi connectivity index (χ0n) is 18.3. The highest BCUT2D eigenvalue weighted by molar-refractivity contribution is 6.21. The number of amides is 4. The Kier molecular flexibility index (Phi) is 6.58. The average molecular weight is 473 g/mol. The van der Waals surface area contributed by atoms with Crippen LogP contribution in [0, 0.1) is 10.1 Å². The lowest BCUT2D eigenvalue weighted by atomic mass is 10.1. The molecule has 3 aromatic rings. The number of benzene rings is 2. The fraction of sp³-hybridized carbons (Fsp3) is 0.125. The molecule has 1 aliphatic rings. The van der Waals surface area contributed by atoms with Crippen molar-refractivity contribution in [1.82, 2.24) is 9.88 Å². The third kappa shape index (κ3) is 5.03. The number of hydrogen-bond donors (Lipinski definition) is 2. The maximum absolute atomic E-state index is 12.6. The van der Waals surface area contributed by atoms with Crippen LogP contribution in [-0.4, -0.2) is 45.0 Å². The molecule has 11 heteroatoms. The smallest absolute Gasteiger partial charge is 0.270 e. The summed E-state index contributed by atoms with van der Waals surface area (Å²) in [6.45, 7) is -0.0209. The van der Waals surface area contributed by atoms with Crippen LogP contribution in [0.25, 0.3) is 0 Å². The van der Waals surface area contributed by atoms with Crippen molar-refractivity contribution < 1.29 is 24.1 Å². The van der Waals surface area contributed by atoms with Crippen molar-refractivity contribution in [3.63, 3.8) is 0 Å². The topological polar surface area (TPSA) is 152 Å². The van der Waals surface area contributed by atoms with E-state index in [-0.39, 0.29) is 48.0 Å². The minimum absolute atomic E-state index is 0.00155. The van der Waals surface area contributed by atoms with Crippen LogP contribution in [0.5, 0.6) is 0 Å². The van der Waals surface area contributed by atoms with Gasteiger partial charge in [-0.25, -0.2) is 0 Å². The molecule has 0 aliphatic carbocycles. The van der Waals surface area contributed by atoms with Gasteiger partial charge in [0.15, 0.2) is 0 Å². The summed E-state index contributed by atoms with van der Waals surface area (Å²) < 4.78 is 0. The fourth-order valence-corrected chi connectivity index (χ4v) is 3.60. The molecule has 1 aromatic heterocycles. The Bertz CT molecular complexity index is 1340. The van der Waals surface area contributed by atoms with Crippen LogP contribution in [0.4, 0.5) is 17.1 Å². The minimum atomic E-state index is -0.637. The molecule has 0 spiro atoms. The number of carbonyl (C=O) groups excluding carboxylic acids is 4. The second kappa shape index (κ2) is 9.91. The van der Waals surface area contributed by atoms with Crippen molar-refractivity contribution in [3.05, 3.63) is 93.8 Å². The van der Waals surface area contributed by atoms with E-state index in [4.69, 9.17) is 0 Å². The molecule has 2 heterocycles. The molecule has 0 atom stereocenters. The summed E-state index contributed by atoms with van der Waals surface area (Å²) in [5.74, 6) is -1.94. The van der Waals surface area contributed by atoms with Crippen LogP contribution >= 0.6 is 0 Å². The number of carbonyl (C=O) groups is 4. The standard InChI is InChI=1S/C24H19N5O6/c30-21(26-19-6-1-2-7-20(19)27-22(31)15-5-3-11-25-14-15)8-4-12-28-23(32)17-10-9-16(29(34)35)13-18(17)24(28)33/h1-3,5-7,9-11,13-14H,4,8,12H2,(H,26,30)(H,27,31). The number of anilines is 2. The van der Waals surface area contributed by atoms with Crippen LogP contribution in [0.1, 0.15) is 43.9 Å². The largest absolute Gasteiger partial charge is 0.324 e. The lowest BCUT2D eigenvalue weighted by Crippen LogP contribution is -2.31. The van der Waals surface area contributed by atoms with Gasteiger partial charge in [0.05, 0.1) is 33.0 Å². The van der Waals surface area contributed by atoms with Crippen molar-refractivity contribution in [1.29, 1.82) is 0 Å². The lowest BCUT2D eigenvalue weighted by Gasteiger charge is -2.14. The van der Waals surface area contributed by atoms with Gasteiger partial charge in [-0.1, -0.05) is 12.1 Å². The number of hydrogen-bond acceptors (Lipinski definition) is 7. The number of non-ortho nitro benzene ring substituents is 1. The molecule has 2 aromatic carbocycles. The highest BCUT2D eigenvalue weighted by Gasteiger charge is 2.36. The first-order valence-electron chi connectivity index (χ1n) is 10.6. The molecule has 4 rings (SSSR count). The van der Waals surface area contributed by atoms with Gasteiger partial charge in [0.1, 0.15) is 0 Å². The lowest BCUT2D eigenvalue weighted by molar-refractivity contribution is -0.384. The number of nitro groups is 1. The number of para-hydroxylation sites is 2. The van der Waals surface area contributed by atoms with Gasteiger partial charge in [-0.05, 0) is 36.8 Å². The van der Waals surface area contributed by atoms with E-state index in [1.54, 1.807) is 42.6 Å². The number of imide groups is 1. The average Bonchev–Trinajstić information content (AvgIpc) is 3.10. The highest BCUT2D eigenvalue weighted by Crippen LogP contribution is 2.27. The molecule has 0 saturated heterocycles. The van der Waals surface area contributed by atoms with Crippen LogP contribution in [0.3, 0.4) is 0 Å². The van der Waals surface area contributed by atoms with Gasteiger partial charge >= 0.3 is 0 Å². The van der Waals surface area contributed by atoms with E-state index in [2.05, 4.69) is 15.6 Å². The molecular formula is C24H19N5O6. The predicted octanol–water partition coefficient (Wildman–Crippen LogP) is 3.26. The molecular weight excluding hydrogens is 454 g/mol. The highest BCUT2D eigenvalue weighted by atomic mass is 16.6. The summed E-state index contributed by atoms with van der Waals surface area (Å²) in [4.78, 5) is 65.2. The van der Waals surface area contributed by atoms with E-state index in [0.717, 1.165) is 11.0 Å². The summed E-state index contributed by atoms with van der Waals surface area (Å²) >= 11 is 0. The van der Waals surface area contributed by atoms with Crippen LogP contribution in [-0.2, 0) is 4.79 Å². The number of fused-ring (bicyclic) bond motifs is 1.